The van der Waals surface area contributed by atoms with Gasteiger partial charge in [0.15, 0.2) is 0 Å². The highest BCUT2D eigenvalue weighted by atomic mass is 15.1. The highest BCUT2D eigenvalue weighted by Crippen LogP contribution is 2.31. The zero-order chi connectivity index (χ0) is 12.4. The van der Waals surface area contributed by atoms with E-state index >= 15 is 0 Å². The van der Waals surface area contributed by atoms with Crippen LogP contribution in [0.25, 0.3) is 11.1 Å². The first-order chi connectivity index (χ1) is 8.08. The standard InChI is InChI=1S/C16H19N/c1-12-6-5-7-14(10-12)15-11-13(2)8-9-16(15)17(3)4/h5-11H,1-4H3. The van der Waals surface area contributed by atoms with Crippen molar-refractivity contribution in [2.75, 3.05) is 19.0 Å². The van der Waals surface area contributed by atoms with Gasteiger partial charge in [0.25, 0.3) is 0 Å². The monoisotopic (exact) mass is 225 g/mol. The van der Waals surface area contributed by atoms with Crippen molar-refractivity contribution in [2.24, 2.45) is 0 Å². The van der Waals surface area contributed by atoms with Crippen LogP contribution in [0.5, 0.6) is 0 Å². The van der Waals surface area contributed by atoms with Crippen molar-refractivity contribution < 1.29 is 0 Å². The van der Waals surface area contributed by atoms with Crippen molar-refractivity contribution in [1.82, 2.24) is 0 Å². The topological polar surface area (TPSA) is 3.24 Å². The van der Waals surface area contributed by atoms with Gasteiger partial charge in [0.2, 0.25) is 0 Å². The lowest BCUT2D eigenvalue weighted by Crippen LogP contribution is -2.10. The molecule has 0 aliphatic rings. The highest BCUT2D eigenvalue weighted by Gasteiger charge is 2.07. The lowest BCUT2D eigenvalue weighted by atomic mass is 9.99. The quantitative estimate of drug-likeness (QED) is 0.745. The number of benzene rings is 2. The largest absolute Gasteiger partial charge is 0.377 e. The van der Waals surface area contributed by atoms with Crippen LogP contribution in [-0.2, 0) is 0 Å². The van der Waals surface area contributed by atoms with E-state index in [4.69, 9.17) is 0 Å². The van der Waals surface area contributed by atoms with Crippen molar-refractivity contribution in [3.8, 4) is 11.1 Å². The lowest BCUT2D eigenvalue weighted by molar-refractivity contribution is 1.13. The van der Waals surface area contributed by atoms with E-state index in [1.165, 1.54) is 27.9 Å². The zero-order valence-corrected chi connectivity index (χ0v) is 11.0. The van der Waals surface area contributed by atoms with Crippen molar-refractivity contribution in [1.29, 1.82) is 0 Å². The third-order valence-electron chi connectivity index (χ3n) is 2.96. The minimum Gasteiger partial charge on any atom is -0.377 e. The van der Waals surface area contributed by atoms with E-state index in [-0.39, 0.29) is 0 Å². The Morgan fingerprint density at radius 2 is 1.53 bits per heavy atom. The Bertz CT molecular complexity index is 527. The fourth-order valence-corrected chi connectivity index (χ4v) is 2.08. The Hall–Kier alpha value is -1.76. The summed E-state index contributed by atoms with van der Waals surface area (Å²) < 4.78 is 0. The average Bonchev–Trinajstić information content (AvgIpc) is 2.28. The van der Waals surface area contributed by atoms with Crippen LogP contribution in [0, 0.1) is 13.8 Å². The summed E-state index contributed by atoms with van der Waals surface area (Å²) in [6, 6.07) is 15.3. The molecule has 0 fully saturated rings. The molecule has 0 bridgehead atoms. The van der Waals surface area contributed by atoms with E-state index in [0.717, 1.165) is 0 Å². The molecule has 1 nitrogen and oxygen atoms in total. The van der Waals surface area contributed by atoms with Crippen molar-refractivity contribution in [2.45, 2.75) is 13.8 Å². The summed E-state index contributed by atoms with van der Waals surface area (Å²) in [5, 5.41) is 0. The van der Waals surface area contributed by atoms with Crippen LogP contribution in [0.1, 0.15) is 11.1 Å². The van der Waals surface area contributed by atoms with Crippen LogP contribution >= 0.6 is 0 Å². The second-order valence-corrected chi connectivity index (χ2v) is 4.78. The molecule has 0 N–H and O–H groups in total. The average molecular weight is 225 g/mol. The number of rotatable bonds is 2. The molecular formula is C16H19N. The predicted molar refractivity (Wildman–Crippen MR) is 75.7 cm³/mol. The van der Waals surface area contributed by atoms with Crippen LogP contribution < -0.4 is 4.90 Å². The summed E-state index contributed by atoms with van der Waals surface area (Å²) in [5.74, 6) is 0. The molecule has 0 saturated heterocycles. The molecule has 2 rings (SSSR count). The Morgan fingerprint density at radius 1 is 0.824 bits per heavy atom. The number of nitrogens with zero attached hydrogens (tertiary/aromatic N) is 1. The lowest BCUT2D eigenvalue weighted by Gasteiger charge is -2.18. The maximum absolute atomic E-state index is 2.25. The summed E-state index contributed by atoms with van der Waals surface area (Å²) in [6.07, 6.45) is 0. The summed E-state index contributed by atoms with van der Waals surface area (Å²) >= 11 is 0. The summed E-state index contributed by atoms with van der Waals surface area (Å²) in [5.41, 5.74) is 6.46. The van der Waals surface area contributed by atoms with Crippen LogP contribution in [0.4, 0.5) is 5.69 Å². The van der Waals surface area contributed by atoms with Gasteiger partial charge in [-0.05, 0) is 31.5 Å². The molecule has 0 spiro atoms. The van der Waals surface area contributed by atoms with Crippen LogP contribution in [-0.4, -0.2) is 14.1 Å². The first-order valence-electron chi connectivity index (χ1n) is 5.93. The number of aryl methyl sites for hydroxylation is 2. The molecule has 0 atom stereocenters. The van der Waals surface area contributed by atoms with Gasteiger partial charge in [0.05, 0.1) is 0 Å². The predicted octanol–water partition coefficient (Wildman–Crippen LogP) is 4.04. The van der Waals surface area contributed by atoms with E-state index in [9.17, 15) is 0 Å². The zero-order valence-electron chi connectivity index (χ0n) is 11.0. The Labute approximate surface area is 104 Å². The third-order valence-corrected chi connectivity index (χ3v) is 2.96. The Morgan fingerprint density at radius 3 is 2.18 bits per heavy atom. The highest BCUT2D eigenvalue weighted by molar-refractivity contribution is 5.79. The molecule has 0 aromatic heterocycles. The molecule has 2 aromatic rings. The SMILES string of the molecule is Cc1cccc(-c2cc(C)ccc2N(C)C)c1. The molecule has 0 aliphatic carbocycles. The molecule has 17 heavy (non-hydrogen) atoms. The number of hydrogen-bond donors (Lipinski definition) is 0. The van der Waals surface area contributed by atoms with Crippen molar-refractivity contribution in [3.05, 3.63) is 53.6 Å². The van der Waals surface area contributed by atoms with Gasteiger partial charge in [0, 0.05) is 25.3 Å². The van der Waals surface area contributed by atoms with Gasteiger partial charge < -0.3 is 4.90 Å². The van der Waals surface area contributed by atoms with Crippen LogP contribution in [0.2, 0.25) is 0 Å². The van der Waals surface area contributed by atoms with Gasteiger partial charge in [-0.25, -0.2) is 0 Å². The summed E-state index contributed by atoms with van der Waals surface area (Å²) in [6.45, 7) is 4.27. The molecule has 1 heteroatoms. The van der Waals surface area contributed by atoms with Gasteiger partial charge in [-0.15, -0.1) is 0 Å². The molecule has 0 heterocycles. The van der Waals surface area contributed by atoms with Crippen molar-refractivity contribution in [3.63, 3.8) is 0 Å². The maximum Gasteiger partial charge on any atom is 0.0440 e. The van der Waals surface area contributed by atoms with E-state index < -0.39 is 0 Å². The molecule has 0 amide bonds. The molecule has 88 valence electrons. The van der Waals surface area contributed by atoms with E-state index in [1.54, 1.807) is 0 Å². The molecule has 2 aromatic carbocycles. The van der Waals surface area contributed by atoms with Gasteiger partial charge in [-0.3, -0.25) is 0 Å². The van der Waals surface area contributed by atoms with E-state index in [2.05, 4.69) is 75.3 Å². The molecule has 0 unspecified atom stereocenters. The minimum absolute atomic E-state index is 1.27. The number of anilines is 1. The normalized spacial score (nSPS) is 10.4. The van der Waals surface area contributed by atoms with E-state index in [0.29, 0.717) is 0 Å². The third kappa shape index (κ3) is 2.50. The molecule has 0 radical (unpaired) electrons. The Kier molecular flexibility index (Phi) is 3.19. The smallest absolute Gasteiger partial charge is 0.0440 e. The first kappa shape index (κ1) is 11.7. The van der Waals surface area contributed by atoms with Gasteiger partial charge in [-0.2, -0.15) is 0 Å². The van der Waals surface area contributed by atoms with Crippen molar-refractivity contribution >= 4 is 5.69 Å². The van der Waals surface area contributed by atoms with Crippen LogP contribution in [0.15, 0.2) is 42.5 Å². The van der Waals surface area contributed by atoms with Gasteiger partial charge in [-0.1, -0.05) is 41.5 Å². The maximum atomic E-state index is 2.25. The van der Waals surface area contributed by atoms with Gasteiger partial charge in [0.1, 0.15) is 0 Å². The Balaban J connectivity index is 2.61. The second-order valence-electron chi connectivity index (χ2n) is 4.78. The van der Waals surface area contributed by atoms with Crippen LogP contribution in [0.3, 0.4) is 0 Å². The summed E-state index contributed by atoms with van der Waals surface area (Å²) in [7, 11) is 4.17. The minimum atomic E-state index is 1.27. The summed E-state index contributed by atoms with van der Waals surface area (Å²) in [4.78, 5) is 2.16. The van der Waals surface area contributed by atoms with E-state index in [1.807, 2.05) is 0 Å². The molecule has 0 saturated carbocycles. The number of hydrogen-bond acceptors (Lipinski definition) is 1. The first-order valence-corrected chi connectivity index (χ1v) is 5.93. The fourth-order valence-electron chi connectivity index (χ4n) is 2.08. The second kappa shape index (κ2) is 4.62. The molecule has 0 aliphatic heterocycles. The van der Waals surface area contributed by atoms with Gasteiger partial charge >= 0.3 is 0 Å². The molecular weight excluding hydrogens is 206 g/mol. The fraction of sp³-hybridized carbons (Fsp3) is 0.250.